The average molecular weight is 432 g/mol. The fourth-order valence-corrected chi connectivity index (χ4v) is 4.19. The number of hydrogen-bond acceptors (Lipinski definition) is 7. The molecular formula is C20H25N5O4S. The molecule has 0 radical (unpaired) electrons. The van der Waals surface area contributed by atoms with E-state index in [9.17, 15) is 9.59 Å². The van der Waals surface area contributed by atoms with E-state index in [1.165, 1.54) is 11.8 Å². The smallest absolute Gasteiger partial charge is 0.232 e. The number of primary amides is 1. The quantitative estimate of drug-likeness (QED) is 0.598. The first-order chi connectivity index (χ1) is 14.5. The van der Waals surface area contributed by atoms with Crippen LogP contribution in [0.1, 0.15) is 31.0 Å². The lowest BCUT2D eigenvalue weighted by Crippen LogP contribution is -2.42. The summed E-state index contributed by atoms with van der Waals surface area (Å²) in [5.41, 5.74) is 5.30. The average Bonchev–Trinajstić information content (AvgIpc) is 3.50. The number of amides is 2. The molecule has 1 aliphatic heterocycles. The summed E-state index contributed by atoms with van der Waals surface area (Å²) < 4.78 is 13.6. The molecular weight excluding hydrogens is 406 g/mol. The SMILES string of the molecule is CN(C[C@@H]1COc2ccccc2O1)C(=O)CSc1nnc(C2CC2)n1CCC(N)=O. The number of benzene rings is 1. The third kappa shape index (κ3) is 4.86. The molecule has 0 unspecified atom stereocenters. The number of carbonyl (C=O) groups excluding carboxylic acids is 2. The number of rotatable bonds is 9. The topological polar surface area (TPSA) is 113 Å². The Labute approximate surface area is 178 Å². The second-order valence-electron chi connectivity index (χ2n) is 7.54. The van der Waals surface area contributed by atoms with Crippen LogP contribution in [-0.2, 0) is 16.1 Å². The summed E-state index contributed by atoms with van der Waals surface area (Å²) in [6.45, 7) is 1.26. The van der Waals surface area contributed by atoms with Crippen molar-refractivity contribution >= 4 is 23.6 Å². The van der Waals surface area contributed by atoms with Gasteiger partial charge in [-0.05, 0) is 25.0 Å². The van der Waals surface area contributed by atoms with Crippen LogP contribution in [0.5, 0.6) is 11.5 Å². The van der Waals surface area contributed by atoms with E-state index in [0.717, 1.165) is 24.4 Å². The van der Waals surface area contributed by atoms with Gasteiger partial charge in [0.2, 0.25) is 11.8 Å². The number of fused-ring (bicyclic) bond motifs is 1. The molecule has 4 rings (SSSR count). The predicted octanol–water partition coefficient (Wildman–Crippen LogP) is 1.42. The van der Waals surface area contributed by atoms with Crippen LogP contribution in [0.25, 0.3) is 0 Å². The van der Waals surface area contributed by atoms with Crippen LogP contribution < -0.4 is 15.2 Å². The number of thioether (sulfide) groups is 1. The van der Waals surface area contributed by atoms with Gasteiger partial charge in [0.25, 0.3) is 0 Å². The first-order valence-electron chi connectivity index (χ1n) is 9.98. The molecule has 0 saturated heterocycles. The van der Waals surface area contributed by atoms with Gasteiger partial charge >= 0.3 is 0 Å². The van der Waals surface area contributed by atoms with Crippen molar-refractivity contribution in [2.45, 2.75) is 43.0 Å². The van der Waals surface area contributed by atoms with Gasteiger partial charge in [0.05, 0.1) is 12.3 Å². The van der Waals surface area contributed by atoms with Crippen molar-refractivity contribution in [2.24, 2.45) is 5.73 Å². The Bertz CT molecular complexity index is 930. The molecule has 1 aliphatic carbocycles. The molecule has 2 aliphatic rings. The molecule has 2 aromatic rings. The summed E-state index contributed by atoms with van der Waals surface area (Å²) in [5, 5.41) is 9.15. The van der Waals surface area contributed by atoms with Gasteiger partial charge in [-0.2, -0.15) is 0 Å². The third-order valence-electron chi connectivity index (χ3n) is 5.07. The number of ether oxygens (including phenoxy) is 2. The lowest BCUT2D eigenvalue weighted by Gasteiger charge is -2.29. The molecule has 1 atom stereocenters. The number of likely N-dealkylation sites (N-methyl/N-ethyl adjacent to an activating group) is 1. The van der Waals surface area contributed by atoms with Gasteiger partial charge in [-0.3, -0.25) is 9.59 Å². The minimum Gasteiger partial charge on any atom is -0.486 e. The molecule has 160 valence electrons. The molecule has 30 heavy (non-hydrogen) atoms. The van der Waals surface area contributed by atoms with Gasteiger partial charge < -0.3 is 24.7 Å². The fraction of sp³-hybridized carbons (Fsp3) is 0.500. The largest absolute Gasteiger partial charge is 0.486 e. The number of nitrogens with zero attached hydrogens (tertiary/aromatic N) is 4. The molecule has 1 fully saturated rings. The fourth-order valence-electron chi connectivity index (χ4n) is 3.28. The Morgan fingerprint density at radius 2 is 2.03 bits per heavy atom. The van der Waals surface area contributed by atoms with E-state index in [-0.39, 0.29) is 30.1 Å². The zero-order valence-electron chi connectivity index (χ0n) is 16.8. The molecule has 2 heterocycles. The minimum atomic E-state index is -0.367. The normalized spacial score (nSPS) is 17.6. The first-order valence-corrected chi connectivity index (χ1v) is 11.0. The van der Waals surface area contributed by atoms with E-state index in [0.29, 0.717) is 36.5 Å². The van der Waals surface area contributed by atoms with Crippen LogP contribution in [0.3, 0.4) is 0 Å². The summed E-state index contributed by atoms with van der Waals surface area (Å²) >= 11 is 1.33. The van der Waals surface area contributed by atoms with Crippen LogP contribution >= 0.6 is 11.8 Å². The molecule has 1 aromatic heterocycles. The summed E-state index contributed by atoms with van der Waals surface area (Å²) in [5.74, 6) is 2.50. The molecule has 0 spiro atoms. The van der Waals surface area contributed by atoms with Crippen molar-refractivity contribution in [2.75, 3.05) is 26.0 Å². The van der Waals surface area contributed by atoms with Gasteiger partial charge in [0.15, 0.2) is 22.8 Å². The van der Waals surface area contributed by atoms with E-state index in [4.69, 9.17) is 15.2 Å². The molecule has 9 nitrogen and oxygen atoms in total. The zero-order valence-corrected chi connectivity index (χ0v) is 17.6. The van der Waals surface area contributed by atoms with Crippen LogP contribution in [-0.4, -0.2) is 63.5 Å². The Morgan fingerprint density at radius 3 is 2.77 bits per heavy atom. The Morgan fingerprint density at radius 1 is 1.27 bits per heavy atom. The molecule has 0 bridgehead atoms. The van der Waals surface area contributed by atoms with Crippen molar-refractivity contribution in [3.8, 4) is 11.5 Å². The van der Waals surface area contributed by atoms with E-state index >= 15 is 0 Å². The maximum atomic E-state index is 12.6. The Balaban J connectivity index is 1.31. The van der Waals surface area contributed by atoms with Crippen LogP contribution in [0.4, 0.5) is 0 Å². The van der Waals surface area contributed by atoms with Crippen molar-refractivity contribution in [3.63, 3.8) is 0 Å². The van der Waals surface area contributed by atoms with Crippen molar-refractivity contribution in [1.82, 2.24) is 19.7 Å². The van der Waals surface area contributed by atoms with Crippen molar-refractivity contribution in [3.05, 3.63) is 30.1 Å². The van der Waals surface area contributed by atoms with Gasteiger partial charge in [0.1, 0.15) is 12.4 Å². The van der Waals surface area contributed by atoms with E-state index < -0.39 is 0 Å². The van der Waals surface area contributed by atoms with Gasteiger partial charge in [-0.25, -0.2) is 0 Å². The monoisotopic (exact) mass is 431 g/mol. The molecule has 1 aromatic carbocycles. The van der Waals surface area contributed by atoms with Crippen LogP contribution in [0, 0.1) is 0 Å². The standard InChI is InChI=1S/C20H25N5O4S/c1-24(10-14-11-28-15-4-2-3-5-16(15)29-14)18(27)12-30-20-23-22-19(13-6-7-13)25(20)9-8-17(21)26/h2-5,13-14H,6-12H2,1H3,(H2,21,26)/t14-/m1/s1. The molecule has 2 N–H and O–H groups in total. The highest BCUT2D eigenvalue weighted by atomic mass is 32.2. The van der Waals surface area contributed by atoms with Crippen LogP contribution in [0.2, 0.25) is 0 Å². The predicted molar refractivity (Wildman–Crippen MR) is 111 cm³/mol. The number of aromatic nitrogens is 3. The summed E-state index contributed by atoms with van der Waals surface area (Å²) in [6.07, 6.45) is 2.15. The Kier molecular flexibility index (Phi) is 6.12. The lowest BCUT2D eigenvalue weighted by molar-refractivity contribution is -0.128. The number of hydrogen-bond donors (Lipinski definition) is 1. The second kappa shape index (κ2) is 8.95. The maximum absolute atomic E-state index is 12.6. The van der Waals surface area contributed by atoms with E-state index in [1.54, 1.807) is 11.9 Å². The highest BCUT2D eigenvalue weighted by Crippen LogP contribution is 2.40. The minimum absolute atomic E-state index is 0.0418. The summed E-state index contributed by atoms with van der Waals surface area (Å²) in [7, 11) is 1.75. The number of nitrogens with two attached hydrogens (primary N) is 1. The van der Waals surface area contributed by atoms with Gasteiger partial charge in [-0.1, -0.05) is 23.9 Å². The zero-order chi connectivity index (χ0) is 21.1. The highest BCUT2D eigenvalue weighted by molar-refractivity contribution is 7.99. The van der Waals surface area contributed by atoms with E-state index in [1.807, 2.05) is 28.8 Å². The molecule has 1 saturated carbocycles. The van der Waals surface area contributed by atoms with Gasteiger partial charge in [0, 0.05) is 25.9 Å². The number of para-hydroxylation sites is 2. The maximum Gasteiger partial charge on any atom is 0.232 e. The number of carbonyl (C=O) groups is 2. The Hall–Kier alpha value is -2.75. The molecule has 2 amide bonds. The van der Waals surface area contributed by atoms with Crippen molar-refractivity contribution in [1.29, 1.82) is 0 Å². The summed E-state index contributed by atoms with van der Waals surface area (Å²) in [4.78, 5) is 25.5. The lowest BCUT2D eigenvalue weighted by atomic mass is 10.2. The highest BCUT2D eigenvalue weighted by Gasteiger charge is 2.31. The summed E-state index contributed by atoms with van der Waals surface area (Å²) in [6, 6.07) is 7.50. The third-order valence-corrected chi connectivity index (χ3v) is 6.02. The van der Waals surface area contributed by atoms with Crippen LogP contribution in [0.15, 0.2) is 29.4 Å². The molecule has 10 heteroatoms. The second-order valence-corrected chi connectivity index (χ2v) is 8.49. The first kappa shape index (κ1) is 20.5. The van der Waals surface area contributed by atoms with E-state index in [2.05, 4.69) is 10.2 Å². The van der Waals surface area contributed by atoms with Crippen molar-refractivity contribution < 1.29 is 19.1 Å². The van der Waals surface area contributed by atoms with Gasteiger partial charge in [-0.15, -0.1) is 10.2 Å².